The van der Waals surface area contributed by atoms with E-state index in [0.717, 1.165) is 12.1 Å². The topological polar surface area (TPSA) is 30.5 Å². The molecule has 0 heterocycles. The van der Waals surface area contributed by atoms with Gasteiger partial charge in [0, 0.05) is 36.3 Å². The van der Waals surface area contributed by atoms with E-state index in [9.17, 15) is 0 Å². The molecule has 0 aromatic heterocycles. The van der Waals surface area contributed by atoms with Gasteiger partial charge in [0.2, 0.25) is 0 Å². The van der Waals surface area contributed by atoms with E-state index in [-0.39, 0.29) is 6.61 Å². The number of rotatable bonds is 8. The van der Waals surface area contributed by atoms with E-state index < -0.39 is 0 Å². The molecule has 19 heavy (non-hydrogen) atoms. The molecule has 106 valence electrons. The van der Waals surface area contributed by atoms with E-state index >= 15 is 0 Å². The summed E-state index contributed by atoms with van der Waals surface area (Å²) in [6.45, 7) is 2.20. The molecule has 1 rings (SSSR count). The highest BCUT2D eigenvalue weighted by Gasteiger charge is 2.08. The highest BCUT2D eigenvalue weighted by Crippen LogP contribution is 2.27. The van der Waals surface area contributed by atoms with Crippen LogP contribution in [0.5, 0.6) is 5.75 Å². The smallest absolute Gasteiger partial charge is 0.125 e. The SMILES string of the molecule is COCCNCc1c(Cl)cccc1OC/C(Cl)=C/Cl. The summed E-state index contributed by atoms with van der Waals surface area (Å²) >= 11 is 17.4. The third-order valence-electron chi connectivity index (χ3n) is 2.34. The fraction of sp³-hybridized carbons (Fsp3) is 0.385. The maximum atomic E-state index is 6.17. The molecule has 0 amide bonds. The van der Waals surface area contributed by atoms with Crippen LogP contribution < -0.4 is 10.1 Å². The van der Waals surface area contributed by atoms with Crippen LogP contribution in [0.15, 0.2) is 28.8 Å². The fourth-order valence-corrected chi connectivity index (χ4v) is 1.76. The van der Waals surface area contributed by atoms with Crippen molar-refractivity contribution in [2.75, 3.05) is 26.9 Å². The Morgan fingerprint density at radius 2 is 2.21 bits per heavy atom. The summed E-state index contributed by atoms with van der Waals surface area (Å²) < 4.78 is 10.6. The van der Waals surface area contributed by atoms with Gasteiger partial charge < -0.3 is 14.8 Å². The van der Waals surface area contributed by atoms with E-state index in [2.05, 4.69) is 5.32 Å². The van der Waals surface area contributed by atoms with E-state index in [1.165, 1.54) is 5.54 Å². The first-order valence-corrected chi connectivity index (χ1v) is 6.93. The minimum Gasteiger partial charge on any atom is -0.488 e. The minimum atomic E-state index is 0.219. The zero-order chi connectivity index (χ0) is 14.1. The molecule has 0 radical (unpaired) electrons. The van der Waals surface area contributed by atoms with Crippen LogP contribution >= 0.6 is 34.8 Å². The first-order valence-electron chi connectivity index (χ1n) is 5.73. The largest absolute Gasteiger partial charge is 0.488 e. The Kier molecular flexibility index (Phi) is 8.26. The predicted molar refractivity (Wildman–Crippen MR) is 80.3 cm³/mol. The van der Waals surface area contributed by atoms with Crippen molar-refractivity contribution in [1.29, 1.82) is 0 Å². The van der Waals surface area contributed by atoms with Crippen molar-refractivity contribution in [1.82, 2.24) is 5.32 Å². The molecule has 0 bridgehead atoms. The normalized spacial score (nSPS) is 11.7. The summed E-state index contributed by atoms with van der Waals surface area (Å²) in [5, 5.41) is 4.30. The van der Waals surface area contributed by atoms with Gasteiger partial charge in [-0.1, -0.05) is 40.9 Å². The van der Waals surface area contributed by atoms with Crippen molar-refractivity contribution in [2.45, 2.75) is 6.54 Å². The highest BCUT2D eigenvalue weighted by atomic mass is 35.5. The number of benzene rings is 1. The summed E-state index contributed by atoms with van der Waals surface area (Å²) in [5.41, 5.74) is 2.17. The first kappa shape index (κ1) is 16.6. The molecule has 0 saturated heterocycles. The first-order chi connectivity index (χ1) is 9.19. The number of ether oxygens (including phenoxy) is 2. The van der Waals surface area contributed by atoms with Gasteiger partial charge in [-0.25, -0.2) is 0 Å². The van der Waals surface area contributed by atoms with Crippen LogP contribution in [0.1, 0.15) is 5.56 Å². The molecular weight excluding hydrogens is 309 g/mol. The molecule has 6 heteroatoms. The maximum Gasteiger partial charge on any atom is 0.125 e. The Balaban J connectivity index is 2.66. The van der Waals surface area contributed by atoms with Gasteiger partial charge in [-0.15, -0.1) is 0 Å². The Labute approximate surface area is 128 Å². The Hall–Kier alpha value is -0.450. The number of hydrogen-bond donors (Lipinski definition) is 1. The average molecular weight is 325 g/mol. The van der Waals surface area contributed by atoms with Crippen molar-refractivity contribution in [3.05, 3.63) is 39.4 Å². The second kappa shape index (κ2) is 9.45. The van der Waals surface area contributed by atoms with Crippen LogP contribution in [0.3, 0.4) is 0 Å². The lowest BCUT2D eigenvalue weighted by Crippen LogP contribution is -2.19. The Morgan fingerprint density at radius 3 is 2.89 bits per heavy atom. The molecule has 1 aromatic carbocycles. The standard InChI is InChI=1S/C13H16Cl3NO2/c1-18-6-5-17-8-11-12(16)3-2-4-13(11)19-9-10(15)7-14/h2-4,7,17H,5-6,8-9H2,1H3/b10-7-. The van der Waals surface area contributed by atoms with Crippen LogP contribution in [-0.2, 0) is 11.3 Å². The molecule has 0 saturated carbocycles. The van der Waals surface area contributed by atoms with Crippen molar-refractivity contribution in [3.8, 4) is 5.75 Å². The molecule has 0 atom stereocenters. The summed E-state index contributed by atoms with van der Waals surface area (Å²) in [6, 6.07) is 5.49. The maximum absolute atomic E-state index is 6.17. The zero-order valence-electron chi connectivity index (χ0n) is 10.6. The van der Waals surface area contributed by atoms with Gasteiger partial charge in [-0.3, -0.25) is 0 Å². The summed E-state index contributed by atoms with van der Waals surface area (Å²) in [6.07, 6.45) is 0. The summed E-state index contributed by atoms with van der Waals surface area (Å²) in [5.74, 6) is 0.689. The molecule has 0 aliphatic rings. The van der Waals surface area contributed by atoms with E-state index in [0.29, 0.717) is 29.0 Å². The quantitative estimate of drug-likeness (QED) is 0.738. The third-order valence-corrected chi connectivity index (χ3v) is 3.29. The lowest BCUT2D eigenvalue weighted by molar-refractivity contribution is 0.199. The molecule has 0 spiro atoms. The Bertz CT molecular complexity index is 424. The Morgan fingerprint density at radius 1 is 1.42 bits per heavy atom. The second-order valence-electron chi connectivity index (χ2n) is 3.73. The van der Waals surface area contributed by atoms with Gasteiger partial charge in [0.15, 0.2) is 0 Å². The molecule has 1 aromatic rings. The van der Waals surface area contributed by atoms with Crippen molar-refractivity contribution < 1.29 is 9.47 Å². The lowest BCUT2D eigenvalue weighted by Gasteiger charge is -2.13. The molecule has 0 aliphatic heterocycles. The summed E-state index contributed by atoms with van der Waals surface area (Å²) in [4.78, 5) is 0. The van der Waals surface area contributed by atoms with Crippen LogP contribution in [-0.4, -0.2) is 26.9 Å². The van der Waals surface area contributed by atoms with Crippen molar-refractivity contribution in [3.63, 3.8) is 0 Å². The molecule has 1 N–H and O–H groups in total. The fourth-order valence-electron chi connectivity index (χ4n) is 1.41. The number of methoxy groups -OCH3 is 1. The third kappa shape index (κ3) is 6.02. The van der Waals surface area contributed by atoms with Crippen LogP contribution in [0.25, 0.3) is 0 Å². The van der Waals surface area contributed by atoms with E-state index in [1.807, 2.05) is 18.2 Å². The number of nitrogens with one attached hydrogen (secondary N) is 1. The van der Waals surface area contributed by atoms with Crippen LogP contribution in [0.2, 0.25) is 5.02 Å². The molecule has 0 unspecified atom stereocenters. The summed E-state index contributed by atoms with van der Waals surface area (Å²) in [7, 11) is 1.66. The van der Waals surface area contributed by atoms with Gasteiger partial charge in [0.1, 0.15) is 12.4 Å². The lowest BCUT2D eigenvalue weighted by atomic mass is 10.2. The molecule has 0 aliphatic carbocycles. The molecule has 3 nitrogen and oxygen atoms in total. The van der Waals surface area contributed by atoms with E-state index in [1.54, 1.807) is 7.11 Å². The zero-order valence-corrected chi connectivity index (χ0v) is 12.9. The second-order valence-corrected chi connectivity index (χ2v) is 4.84. The number of halogens is 3. The van der Waals surface area contributed by atoms with Gasteiger partial charge >= 0.3 is 0 Å². The van der Waals surface area contributed by atoms with Gasteiger partial charge in [0.05, 0.1) is 11.6 Å². The highest BCUT2D eigenvalue weighted by molar-refractivity contribution is 6.36. The van der Waals surface area contributed by atoms with Crippen molar-refractivity contribution >= 4 is 34.8 Å². The predicted octanol–water partition coefficient (Wildman–Crippen LogP) is 3.77. The van der Waals surface area contributed by atoms with E-state index in [4.69, 9.17) is 44.3 Å². The number of hydrogen-bond acceptors (Lipinski definition) is 3. The average Bonchev–Trinajstić information content (AvgIpc) is 2.42. The molecule has 0 fully saturated rings. The minimum absolute atomic E-state index is 0.219. The van der Waals surface area contributed by atoms with Crippen LogP contribution in [0, 0.1) is 0 Å². The monoisotopic (exact) mass is 323 g/mol. The van der Waals surface area contributed by atoms with Gasteiger partial charge in [-0.05, 0) is 12.1 Å². The van der Waals surface area contributed by atoms with Crippen LogP contribution in [0.4, 0.5) is 0 Å². The van der Waals surface area contributed by atoms with Gasteiger partial charge in [0.25, 0.3) is 0 Å². The van der Waals surface area contributed by atoms with Gasteiger partial charge in [-0.2, -0.15) is 0 Å². The molecular formula is C13H16Cl3NO2. The van der Waals surface area contributed by atoms with Crippen molar-refractivity contribution in [2.24, 2.45) is 0 Å².